The fourth-order valence-electron chi connectivity index (χ4n) is 3.27. The van der Waals surface area contributed by atoms with Gasteiger partial charge in [-0.2, -0.15) is 0 Å². The van der Waals surface area contributed by atoms with E-state index >= 15 is 0 Å². The first-order valence-corrected chi connectivity index (χ1v) is 7.88. The highest BCUT2D eigenvalue weighted by atomic mass is 16.5. The van der Waals surface area contributed by atoms with Gasteiger partial charge in [-0.25, -0.2) is 0 Å². The maximum Gasteiger partial charge on any atom is 0.0594 e. The lowest BCUT2D eigenvalue weighted by atomic mass is 10.0. The number of ether oxygens (including phenoxy) is 1. The molecule has 2 aliphatic rings. The molecule has 1 heterocycles. The van der Waals surface area contributed by atoms with Crippen LogP contribution in [0.1, 0.15) is 45.4 Å². The average molecular weight is 254 g/mol. The molecule has 2 fully saturated rings. The van der Waals surface area contributed by atoms with Gasteiger partial charge in [-0.05, 0) is 32.2 Å². The highest BCUT2D eigenvalue weighted by Gasteiger charge is 2.15. The summed E-state index contributed by atoms with van der Waals surface area (Å²) >= 11 is 0. The number of nitrogens with one attached hydrogen (secondary N) is 1. The smallest absolute Gasteiger partial charge is 0.0594 e. The van der Waals surface area contributed by atoms with Crippen LogP contribution in [0.25, 0.3) is 0 Å². The van der Waals surface area contributed by atoms with Gasteiger partial charge in [0.2, 0.25) is 0 Å². The quantitative estimate of drug-likeness (QED) is 0.705. The second kappa shape index (κ2) is 8.13. The molecule has 0 spiro atoms. The maximum atomic E-state index is 5.37. The van der Waals surface area contributed by atoms with Crippen molar-refractivity contribution in [2.24, 2.45) is 5.92 Å². The highest BCUT2D eigenvalue weighted by molar-refractivity contribution is 4.71. The molecule has 0 radical (unpaired) electrons. The molecule has 1 unspecified atom stereocenters. The third-order valence-electron chi connectivity index (χ3n) is 4.39. The Labute approximate surface area is 112 Å². The molecular weight excluding hydrogens is 224 g/mol. The van der Waals surface area contributed by atoms with E-state index in [1.165, 1.54) is 51.6 Å². The van der Waals surface area contributed by atoms with Gasteiger partial charge in [-0.3, -0.25) is 4.90 Å². The molecular formula is C15H30N2O. The van der Waals surface area contributed by atoms with Crippen molar-refractivity contribution in [1.82, 2.24) is 10.2 Å². The normalized spacial score (nSPS) is 24.5. The van der Waals surface area contributed by atoms with Crippen molar-refractivity contribution in [2.75, 3.05) is 39.4 Å². The van der Waals surface area contributed by atoms with E-state index in [1.807, 2.05) is 0 Å². The van der Waals surface area contributed by atoms with E-state index in [0.29, 0.717) is 6.04 Å². The van der Waals surface area contributed by atoms with Gasteiger partial charge in [0.05, 0.1) is 13.2 Å². The minimum absolute atomic E-state index is 0.617. The Bertz CT molecular complexity index is 211. The summed E-state index contributed by atoms with van der Waals surface area (Å²) in [4.78, 5) is 2.51. The van der Waals surface area contributed by atoms with Crippen LogP contribution < -0.4 is 5.32 Å². The van der Waals surface area contributed by atoms with Crippen LogP contribution in [0.2, 0.25) is 0 Å². The molecule has 1 saturated heterocycles. The standard InChI is InChI=1S/C15H30N2O/c1-14(13-17-9-11-18-12-10-17)16-8-4-7-15-5-2-3-6-15/h14-16H,2-13H2,1H3. The number of nitrogens with zero attached hydrogens (tertiary/aromatic N) is 1. The fourth-order valence-corrected chi connectivity index (χ4v) is 3.27. The van der Waals surface area contributed by atoms with Crippen LogP contribution in [0.3, 0.4) is 0 Å². The molecule has 1 aliphatic carbocycles. The Morgan fingerprint density at radius 3 is 2.67 bits per heavy atom. The van der Waals surface area contributed by atoms with Gasteiger partial charge in [-0.15, -0.1) is 0 Å². The molecule has 1 aliphatic heterocycles. The summed E-state index contributed by atoms with van der Waals surface area (Å²) in [5, 5.41) is 3.67. The Balaban J connectivity index is 1.47. The second-order valence-corrected chi connectivity index (χ2v) is 6.06. The lowest BCUT2D eigenvalue weighted by molar-refractivity contribution is 0.0344. The number of rotatable bonds is 7. The van der Waals surface area contributed by atoms with Gasteiger partial charge in [0.15, 0.2) is 0 Å². The molecule has 3 heteroatoms. The minimum atomic E-state index is 0.617. The lowest BCUT2D eigenvalue weighted by Crippen LogP contribution is -2.44. The van der Waals surface area contributed by atoms with E-state index in [2.05, 4.69) is 17.1 Å². The molecule has 0 aromatic rings. The first kappa shape index (κ1) is 14.3. The van der Waals surface area contributed by atoms with Gasteiger partial charge in [-0.1, -0.05) is 25.7 Å². The van der Waals surface area contributed by atoms with Crippen LogP contribution in [0.5, 0.6) is 0 Å². The first-order chi connectivity index (χ1) is 8.84. The molecule has 1 atom stereocenters. The van der Waals surface area contributed by atoms with Crippen LogP contribution in [-0.2, 0) is 4.74 Å². The van der Waals surface area contributed by atoms with E-state index in [4.69, 9.17) is 4.74 Å². The SMILES string of the molecule is CC(CN1CCOCC1)NCCCC1CCCC1. The summed E-state index contributed by atoms with van der Waals surface area (Å²) in [5.74, 6) is 1.04. The molecule has 2 rings (SSSR count). The topological polar surface area (TPSA) is 24.5 Å². The monoisotopic (exact) mass is 254 g/mol. The van der Waals surface area contributed by atoms with Crippen LogP contribution in [0.4, 0.5) is 0 Å². The average Bonchev–Trinajstić information content (AvgIpc) is 2.89. The summed E-state index contributed by atoms with van der Waals surface area (Å²) in [5.41, 5.74) is 0. The van der Waals surface area contributed by atoms with Crippen molar-refractivity contribution in [1.29, 1.82) is 0 Å². The van der Waals surface area contributed by atoms with Crippen molar-refractivity contribution in [3.05, 3.63) is 0 Å². The van der Waals surface area contributed by atoms with Crippen molar-refractivity contribution in [2.45, 2.75) is 51.5 Å². The molecule has 3 nitrogen and oxygen atoms in total. The molecule has 0 bridgehead atoms. The third kappa shape index (κ3) is 5.25. The van der Waals surface area contributed by atoms with Crippen molar-refractivity contribution in [3.8, 4) is 0 Å². The van der Waals surface area contributed by atoms with Crippen molar-refractivity contribution in [3.63, 3.8) is 0 Å². The van der Waals surface area contributed by atoms with Crippen LogP contribution in [0.15, 0.2) is 0 Å². The van der Waals surface area contributed by atoms with E-state index in [0.717, 1.165) is 32.2 Å². The predicted molar refractivity (Wildman–Crippen MR) is 75.9 cm³/mol. The number of hydrogen-bond donors (Lipinski definition) is 1. The van der Waals surface area contributed by atoms with E-state index < -0.39 is 0 Å². The van der Waals surface area contributed by atoms with Gasteiger partial charge < -0.3 is 10.1 Å². The highest BCUT2D eigenvalue weighted by Crippen LogP contribution is 2.28. The molecule has 0 aromatic heterocycles. The second-order valence-electron chi connectivity index (χ2n) is 6.06. The van der Waals surface area contributed by atoms with Gasteiger partial charge in [0.1, 0.15) is 0 Å². The zero-order valence-electron chi connectivity index (χ0n) is 12.0. The van der Waals surface area contributed by atoms with Gasteiger partial charge >= 0.3 is 0 Å². The largest absolute Gasteiger partial charge is 0.379 e. The van der Waals surface area contributed by atoms with Gasteiger partial charge in [0, 0.05) is 25.7 Å². The summed E-state index contributed by atoms with van der Waals surface area (Å²) in [6, 6.07) is 0.617. The molecule has 1 N–H and O–H groups in total. The maximum absolute atomic E-state index is 5.37. The summed E-state index contributed by atoms with van der Waals surface area (Å²) in [7, 11) is 0. The first-order valence-electron chi connectivity index (χ1n) is 7.88. The number of hydrogen-bond acceptors (Lipinski definition) is 3. The predicted octanol–water partition coefficient (Wildman–Crippen LogP) is 2.27. The molecule has 0 aromatic carbocycles. The Morgan fingerprint density at radius 1 is 1.22 bits per heavy atom. The summed E-state index contributed by atoms with van der Waals surface area (Å²) in [6.07, 6.45) is 8.74. The molecule has 106 valence electrons. The lowest BCUT2D eigenvalue weighted by Gasteiger charge is -2.29. The molecule has 0 amide bonds. The third-order valence-corrected chi connectivity index (χ3v) is 4.39. The molecule has 1 saturated carbocycles. The fraction of sp³-hybridized carbons (Fsp3) is 1.00. The zero-order chi connectivity index (χ0) is 12.6. The van der Waals surface area contributed by atoms with Crippen molar-refractivity contribution < 1.29 is 4.74 Å². The van der Waals surface area contributed by atoms with E-state index in [-0.39, 0.29) is 0 Å². The Hall–Kier alpha value is -0.120. The number of morpholine rings is 1. The summed E-state index contributed by atoms with van der Waals surface area (Å²) < 4.78 is 5.37. The van der Waals surface area contributed by atoms with E-state index in [9.17, 15) is 0 Å². The van der Waals surface area contributed by atoms with E-state index in [1.54, 1.807) is 0 Å². The zero-order valence-corrected chi connectivity index (χ0v) is 12.0. The minimum Gasteiger partial charge on any atom is -0.379 e. The van der Waals surface area contributed by atoms with Crippen LogP contribution in [-0.4, -0.2) is 50.3 Å². The summed E-state index contributed by atoms with van der Waals surface area (Å²) in [6.45, 7) is 8.71. The van der Waals surface area contributed by atoms with Crippen LogP contribution >= 0.6 is 0 Å². The van der Waals surface area contributed by atoms with Gasteiger partial charge in [0.25, 0.3) is 0 Å². The van der Waals surface area contributed by atoms with Crippen molar-refractivity contribution >= 4 is 0 Å². The van der Waals surface area contributed by atoms with Crippen LogP contribution in [0, 0.1) is 5.92 Å². The Kier molecular flexibility index (Phi) is 6.46. The Morgan fingerprint density at radius 2 is 1.94 bits per heavy atom. The molecule has 18 heavy (non-hydrogen) atoms.